The third kappa shape index (κ3) is 7.23. The van der Waals surface area contributed by atoms with E-state index in [-0.39, 0.29) is 19.1 Å². The highest BCUT2D eigenvalue weighted by atomic mass is 16.7. The van der Waals surface area contributed by atoms with Gasteiger partial charge in [0.05, 0.1) is 6.54 Å². The number of rotatable bonds is 6. The molecule has 1 N–H and O–H groups in total. The molecule has 0 radical (unpaired) electrons. The van der Waals surface area contributed by atoms with Crippen molar-refractivity contribution in [2.75, 3.05) is 20.4 Å². The first kappa shape index (κ1) is 12.6. The summed E-state index contributed by atoms with van der Waals surface area (Å²) in [5.41, 5.74) is 0. The Kier molecular flexibility index (Phi) is 6.30. The van der Waals surface area contributed by atoms with Gasteiger partial charge in [0, 0.05) is 7.11 Å². The van der Waals surface area contributed by atoms with Crippen molar-refractivity contribution in [3.05, 3.63) is 0 Å². The number of esters is 1. The first-order chi connectivity index (χ1) is 6.56. The van der Waals surface area contributed by atoms with Gasteiger partial charge in [-0.05, 0) is 6.92 Å². The number of methoxy groups -OCH3 is 1. The molecule has 0 fully saturated rings. The van der Waals surface area contributed by atoms with E-state index in [0.29, 0.717) is 0 Å². The van der Waals surface area contributed by atoms with E-state index in [4.69, 9.17) is 0 Å². The summed E-state index contributed by atoms with van der Waals surface area (Å²) >= 11 is 0. The molecule has 0 spiro atoms. The molecule has 0 saturated carbocycles. The Morgan fingerprint density at radius 3 is 2.43 bits per heavy atom. The van der Waals surface area contributed by atoms with Gasteiger partial charge < -0.3 is 14.8 Å². The van der Waals surface area contributed by atoms with Crippen molar-refractivity contribution in [2.45, 2.75) is 13.3 Å². The van der Waals surface area contributed by atoms with Crippen molar-refractivity contribution >= 4 is 17.7 Å². The van der Waals surface area contributed by atoms with Gasteiger partial charge in [-0.3, -0.25) is 14.4 Å². The molecule has 0 aliphatic heterocycles. The zero-order valence-electron chi connectivity index (χ0n) is 8.16. The smallest absolute Gasteiger partial charge is 0.317 e. The predicted octanol–water partition coefficient (Wildman–Crippen LogP) is -0.771. The minimum atomic E-state index is -0.687. The molecule has 0 bridgehead atoms. The molecule has 0 aromatic carbocycles. The van der Waals surface area contributed by atoms with Crippen LogP contribution in [-0.4, -0.2) is 38.1 Å². The largest absolute Gasteiger partial charge is 0.438 e. The quantitative estimate of drug-likeness (QED) is 0.348. The van der Waals surface area contributed by atoms with Crippen LogP contribution < -0.4 is 5.32 Å². The molecule has 6 nitrogen and oxygen atoms in total. The minimum absolute atomic E-state index is 0.0730. The molecule has 80 valence electrons. The molecule has 1 amide bonds. The van der Waals surface area contributed by atoms with E-state index in [9.17, 15) is 14.4 Å². The van der Waals surface area contributed by atoms with Gasteiger partial charge >= 0.3 is 5.97 Å². The summed E-state index contributed by atoms with van der Waals surface area (Å²) in [5.74, 6) is -1.40. The Bertz CT molecular complexity index is 226. The van der Waals surface area contributed by atoms with E-state index in [1.54, 1.807) is 0 Å². The van der Waals surface area contributed by atoms with Gasteiger partial charge in [0.15, 0.2) is 6.79 Å². The van der Waals surface area contributed by atoms with Crippen molar-refractivity contribution in [2.24, 2.45) is 0 Å². The average Bonchev–Trinajstić information content (AvgIpc) is 2.11. The number of carbonyl (C=O) groups is 3. The second-order valence-corrected chi connectivity index (χ2v) is 2.58. The summed E-state index contributed by atoms with van der Waals surface area (Å²) < 4.78 is 8.93. The van der Waals surface area contributed by atoms with Gasteiger partial charge in [-0.1, -0.05) is 0 Å². The number of Topliss-reactive ketones (excluding diaryl/α,β-unsaturated/α-hetero) is 1. The Balaban J connectivity index is 3.60. The van der Waals surface area contributed by atoms with Crippen molar-refractivity contribution < 1.29 is 23.9 Å². The first-order valence-electron chi connectivity index (χ1n) is 3.97. The Morgan fingerprint density at radius 2 is 1.93 bits per heavy atom. The normalized spacial score (nSPS) is 9.29. The highest BCUT2D eigenvalue weighted by molar-refractivity contribution is 5.95. The molecule has 0 aliphatic carbocycles. The van der Waals surface area contributed by atoms with Crippen molar-refractivity contribution in [1.82, 2.24) is 5.32 Å². The number of carbonyl (C=O) groups excluding carboxylic acids is 3. The second-order valence-electron chi connectivity index (χ2n) is 2.58. The Hall–Kier alpha value is -1.43. The Labute approximate surface area is 81.6 Å². The summed E-state index contributed by atoms with van der Waals surface area (Å²) in [7, 11) is 1.36. The zero-order valence-corrected chi connectivity index (χ0v) is 8.16. The maximum atomic E-state index is 10.9. The third-order valence-corrected chi connectivity index (χ3v) is 1.18. The van der Waals surface area contributed by atoms with Crippen LogP contribution in [-0.2, 0) is 23.9 Å². The number of hydrogen-bond acceptors (Lipinski definition) is 5. The van der Waals surface area contributed by atoms with Crippen LogP contribution in [0.1, 0.15) is 13.3 Å². The van der Waals surface area contributed by atoms with Crippen LogP contribution in [0.5, 0.6) is 0 Å². The molecule has 14 heavy (non-hydrogen) atoms. The van der Waals surface area contributed by atoms with Gasteiger partial charge in [-0.2, -0.15) is 0 Å². The molecule has 0 saturated heterocycles. The summed E-state index contributed by atoms with van der Waals surface area (Å²) in [6.45, 7) is 1.08. The van der Waals surface area contributed by atoms with Crippen LogP contribution in [0, 0.1) is 0 Å². The van der Waals surface area contributed by atoms with Gasteiger partial charge in [0.2, 0.25) is 5.91 Å². The van der Waals surface area contributed by atoms with Crippen LogP contribution in [0.15, 0.2) is 0 Å². The van der Waals surface area contributed by atoms with E-state index in [1.165, 1.54) is 14.0 Å². The van der Waals surface area contributed by atoms with Gasteiger partial charge in [0.25, 0.3) is 0 Å². The maximum Gasteiger partial charge on any atom is 0.317 e. The van der Waals surface area contributed by atoms with Crippen molar-refractivity contribution in [1.29, 1.82) is 0 Å². The summed E-state index contributed by atoms with van der Waals surface area (Å²) in [4.78, 5) is 32.2. The molecule has 0 unspecified atom stereocenters. The van der Waals surface area contributed by atoms with Crippen molar-refractivity contribution in [3.8, 4) is 0 Å². The van der Waals surface area contributed by atoms with Crippen LogP contribution >= 0.6 is 0 Å². The standard InChI is InChI=1S/C8H13NO5/c1-6(10)4-9-7(11)3-8(12)14-5-13-2/h3-5H2,1-2H3,(H,9,11). The van der Waals surface area contributed by atoms with Gasteiger partial charge in [-0.15, -0.1) is 0 Å². The molecule has 6 heteroatoms. The summed E-state index contributed by atoms with van der Waals surface area (Å²) in [5, 5.41) is 2.26. The topological polar surface area (TPSA) is 81.7 Å². The third-order valence-electron chi connectivity index (χ3n) is 1.18. The Morgan fingerprint density at radius 1 is 1.29 bits per heavy atom. The summed E-state index contributed by atoms with van der Waals surface area (Å²) in [6, 6.07) is 0. The number of ketones is 1. The van der Waals surface area contributed by atoms with E-state index in [0.717, 1.165) is 0 Å². The molecule has 0 heterocycles. The van der Waals surface area contributed by atoms with Crippen LogP contribution in [0.2, 0.25) is 0 Å². The number of hydrogen-bond donors (Lipinski definition) is 1. The summed E-state index contributed by atoms with van der Waals surface area (Å²) in [6.07, 6.45) is -0.406. The van der Waals surface area contributed by atoms with Crippen LogP contribution in [0.25, 0.3) is 0 Å². The number of amides is 1. The van der Waals surface area contributed by atoms with E-state index in [2.05, 4.69) is 14.8 Å². The van der Waals surface area contributed by atoms with Crippen molar-refractivity contribution in [3.63, 3.8) is 0 Å². The highest BCUT2D eigenvalue weighted by Crippen LogP contribution is 1.86. The fourth-order valence-corrected chi connectivity index (χ4v) is 0.592. The lowest BCUT2D eigenvalue weighted by molar-refractivity contribution is -0.155. The molecule has 0 atom stereocenters. The molecule has 0 rings (SSSR count). The number of ether oxygens (including phenoxy) is 2. The van der Waals surface area contributed by atoms with E-state index < -0.39 is 18.3 Å². The lowest BCUT2D eigenvalue weighted by Crippen LogP contribution is -2.30. The molecule has 0 aromatic heterocycles. The van der Waals surface area contributed by atoms with Crippen LogP contribution in [0.3, 0.4) is 0 Å². The van der Waals surface area contributed by atoms with E-state index in [1.807, 2.05) is 0 Å². The first-order valence-corrected chi connectivity index (χ1v) is 3.97. The molecular formula is C8H13NO5. The van der Waals surface area contributed by atoms with Crippen LogP contribution in [0.4, 0.5) is 0 Å². The maximum absolute atomic E-state index is 10.9. The zero-order chi connectivity index (χ0) is 11.0. The monoisotopic (exact) mass is 203 g/mol. The molecule has 0 aromatic rings. The minimum Gasteiger partial charge on any atom is -0.438 e. The fraction of sp³-hybridized carbons (Fsp3) is 0.625. The van der Waals surface area contributed by atoms with Gasteiger partial charge in [-0.25, -0.2) is 0 Å². The van der Waals surface area contributed by atoms with Gasteiger partial charge in [0.1, 0.15) is 12.2 Å². The molecular weight excluding hydrogens is 190 g/mol. The highest BCUT2D eigenvalue weighted by Gasteiger charge is 2.10. The SMILES string of the molecule is COCOC(=O)CC(=O)NCC(C)=O. The number of nitrogens with one attached hydrogen (secondary N) is 1. The lowest BCUT2D eigenvalue weighted by Gasteiger charge is -2.03. The fourth-order valence-electron chi connectivity index (χ4n) is 0.592. The average molecular weight is 203 g/mol. The van der Waals surface area contributed by atoms with E-state index >= 15 is 0 Å². The second kappa shape index (κ2) is 7.02. The predicted molar refractivity (Wildman–Crippen MR) is 46.3 cm³/mol. The molecule has 0 aliphatic rings. The lowest BCUT2D eigenvalue weighted by atomic mass is 10.4.